The van der Waals surface area contributed by atoms with Crippen molar-refractivity contribution < 1.29 is 0 Å². The fraction of sp³-hybridized carbons (Fsp3) is 0.176. The number of aromatic amines is 2. The molecular weight excluding hydrogens is 400 g/mol. The van der Waals surface area contributed by atoms with Crippen molar-refractivity contribution in [3.8, 4) is 11.5 Å². The van der Waals surface area contributed by atoms with E-state index in [4.69, 9.17) is 12.2 Å². The van der Waals surface area contributed by atoms with Crippen LogP contribution in [0, 0.1) is 4.77 Å². The Bertz CT molecular complexity index is 1010. The number of nitrogens with one attached hydrogen (secondary N) is 2. The molecule has 6 nitrogen and oxygen atoms in total. The average Bonchev–Trinajstić information content (AvgIpc) is 3.30. The van der Waals surface area contributed by atoms with E-state index in [-0.39, 0.29) is 0 Å². The first-order valence-electron chi connectivity index (χ1n) is 7.93. The molecule has 0 bridgehead atoms. The Morgan fingerprint density at radius 1 is 1.20 bits per heavy atom. The number of allylic oxidation sites excluding steroid dienone is 1. The number of rotatable bonds is 4. The minimum absolute atomic E-state index is 0.431. The molecule has 1 aromatic carbocycles. The lowest BCUT2D eigenvalue weighted by atomic mass is 10.2. The topological polar surface area (TPSA) is 74.7 Å². The molecule has 126 valence electrons. The first kappa shape index (κ1) is 16.2. The van der Waals surface area contributed by atoms with E-state index in [1.165, 1.54) is 11.3 Å². The molecular formula is C17H15BrN6S. The van der Waals surface area contributed by atoms with Crippen LogP contribution in [-0.2, 0) is 12.8 Å². The van der Waals surface area contributed by atoms with Crippen molar-refractivity contribution in [2.75, 3.05) is 0 Å². The third-order valence-electron chi connectivity index (χ3n) is 4.07. The summed E-state index contributed by atoms with van der Waals surface area (Å²) >= 11 is 8.83. The second-order valence-corrected chi connectivity index (χ2v) is 7.03. The molecule has 0 radical (unpaired) electrons. The number of aromatic nitrogens is 5. The van der Waals surface area contributed by atoms with E-state index in [0.717, 1.165) is 35.0 Å². The molecule has 0 saturated heterocycles. The van der Waals surface area contributed by atoms with Gasteiger partial charge in [-0.15, -0.1) is 0 Å². The second-order valence-electron chi connectivity index (χ2n) is 5.73. The lowest BCUT2D eigenvalue weighted by Crippen LogP contribution is -1.97. The van der Waals surface area contributed by atoms with E-state index in [2.05, 4.69) is 41.4 Å². The van der Waals surface area contributed by atoms with Gasteiger partial charge in [-0.3, -0.25) is 5.10 Å². The SMILES string of the molecule is S=c1[nH]nc(-c2n[nH]c3c2CCC3)n1N=CC(Br)=Cc1ccccc1. The highest BCUT2D eigenvalue weighted by Crippen LogP contribution is 2.29. The number of fused-ring (bicyclic) bond motifs is 1. The summed E-state index contributed by atoms with van der Waals surface area (Å²) in [6.07, 6.45) is 6.86. The smallest absolute Gasteiger partial charge is 0.216 e. The molecule has 0 atom stereocenters. The fourth-order valence-corrected chi connectivity index (χ4v) is 3.45. The molecule has 2 aromatic heterocycles. The van der Waals surface area contributed by atoms with Crippen molar-refractivity contribution in [2.24, 2.45) is 5.10 Å². The second kappa shape index (κ2) is 6.89. The number of hydrogen-bond donors (Lipinski definition) is 2. The maximum atomic E-state index is 5.31. The summed E-state index contributed by atoms with van der Waals surface area (Å²) in [7, 11) is 0. The van der Waals surface area contributed by atoms with Gasteiger partial charge in [0, 0.05) is 15.7 Å². The van der Waals surface area contributed by atoms with E-state index in [1.807, 2.05) is 36.4 Å². The van der Waals surface area contributed by atoms with E-state index in [9.17, 15) is 0 Å². The summed E-state index contributed by atoms with van der Waals surface area (Å²) in [4.78, 5) is 0. The highest BCUT2D eigenvalue weighted by atomic mass is 79.9. The predicted molar refractivity (Wildman–Crippen MR) is 104 cm³/mol. The average molecular weight is 415 g/mol. The summed E-state index contributed by atoms with van der Waals surface area (Å²) in [6.45, 7) is 0. The minimum Gasteiger partial charge on any atom is -0.282 e. The minimum atomic E-state index is 0.431. The number of nitrogens with zero attached hydrogens (tertiary/aromatic N) is 4. The number of halogens is 1. The van der Waals surface area contributed by atoms with Gasteiger partial charge < -0.3 is 0 Å². The molecule has 0 spiro atoms. The molecule has 8 heteroatoms. The summed E-state index contributed by atoms with van der Waals surface area (Å²) in [5.74, 6) is 0.626. The van der Waals surface area contributed by atoms with Gasteiger partial charge in [-0.05, 0) is 59.0 Å². The molecule has 0 unspecified atom stereocenters. The van der Waals surface area contributed by atoms with Crippen LogP contribution in [0.4, 0.5) is 0 Å². The highest BCUT2D eigenvalue weighted by molar-refractivity contribution is 9.12. The predicted octanol–water partition coefficient (Wildman–Crippen LogP) is 4.09. The number of H-pyrrole nitrogens is 2. The molecule has 1 aliphatic carbocycles. The molecule has 2 N–H and O–H groups in total. The summed E-state index contributed by atoms with van der Waals surface area (Å²) in [5, 5.41) is 19.1. The van der Waals surface area contributed by atoms with Crippen molar-refractivity contribution in [1.82, 2.24) is 25.1 Å². The van der Waals surface area contributed by atoms with E-state index in [1.54, 1.807) is 10.9 Å². The van der Waals surface area contributed by atoms with Crippen LogP contribution in [0.1, 0.15) is 23.2 Å². The Morgan fingerprint density at radius 3 is 2.88 bits per heavy atom. The van der Waals surface area contributed by atoms with Crippen molar-refractivity contribution in [3.63, 3.8) is 0 Å². The molecule has 1 aliphatic rings. The van der Waals surface area contributed by atoms with Gasteiger partial charge in [-0.2, -0.15) is 20.0 Å². The van der Waals surface area contributed by atoms with Crippen molar-refractivity contribution in [3.05, 3.63) is 56.4 Å². The van der Waals surface area contributed by atoms with Crippen LogP contribution in [0.15, 0.2) is 39.9 Å². The standard InChI is InChI=1S/C17H15BrN6S/c18-12(9-11-5-2-1-3-6-11)10-19-24-16(22-23-17(24)25)15-13-7-4-8-14(13)20-21-15/h1-3,5-6,9-10H,4,7-8H2,(H,20,21)(H,23,25). The third-order valence-corrected chi connectivity index (χ3v) is 4.77. The van der Waals surface area contributed by atoms with E-state index < -0.39 is 0 Å². The Hall–Kier alpha value is -2.32. The number of hydrogen-bond acceptors (Lipinski definition) is 4. The maximum absolute atomic E-state index is 5.31. The Morgan fingerprint density at radius 2 is 2.04 bits per heavy atom. The van der Waals surface area contributed by atoms with Gasteiger partial charge in [-0.1, -0.05) is 30.3 Å². The van der Waals surface area contributed by atoms with Crippen LogP contribution >= 0.6 is 28.1 Å². The molecule has 4 rings (SSSR count). The van der Waals surface area contributed by atoms with Gasteiger partial charge in [0.1, 0.15) is 5.69 Å². The first-order chi connectivity index (χ1) is 12.2. The van der Waals surface area contributed by atoms with Crippen LogP contribution in [-0.4, -0.2) is 31.3 Å². The summed E-state index contributed by atoms with van der Waals surface area (Å²) in [5.41, 5.74) is 4.30. The lowest BCUT2D eigenvalue weighted by molar-refractivity contribution is 0.844. The normalized spacial score (nSPS) is 14.4. The highest BCUT2D eigenvalue weighted by Gasteiger charge is 2.23. The van der Waals surface area contributed by atoms with Crippen LogP contribution in [0.25, 0.3) is 17.6 Å². The number of aryl methyl sites for hydroxylation is 1. The first-order valence-corrected chi connectivity index (χ1v) is 9.13. The van der Waals surface area contributed by atoms with Crippen molar-refractivity contribution >= 4 is 40.4 Å². The third kappa shape index (κ3) is 3.27. The summed E-state index contributed by atoms with van der Waals surface area (Å²) in [6, 6.07) is 10.0. The van der Waals surface area contributed by atoms with Gasteiger partial charge in [0.05, 0.1) is 6.21 Å². The van der Waals surface area contributed by atoms with Gasteiger partial charge in [0.15, 0.2) is 0 Å². The van der Waals surface area contributed by atoms with Crippen LogP contribution in [0.3, 0.4) is 0 Å². The fourth-order valence-electron chi connectivity index (χ4n) is 2.91. The zero-order chi connectivity index (χ0) is 17.2. The molecule has 3 aromatic rings. The van der Waals surface area contributed by atoms with Crippen molar-refractivity contribution in [1.29, 1.82) is 0 Å². The van der Waals surface area contributed by atoms with Gasteiger partial charge >= 0.3 is 0 Å². The Kier molecular flexibility index (Phi) is 4.46. The van der Waals surface area contributed by atoms with E-state index in [0.29, 0.717) is 10.6 Å². The molecule has 0 saturated carbocycles. The monoisotopic (exact) mass is 414 g/mol. The molecule has 2 heterocycles. The van der Waals surface area contributed by atoms with Gasteiger partial charge in [0.2, 0.25) is 10.6 Å². The molecule has 25 heavy (non-hydrogen) atoms. The van der Waals surface area contributed by atoms with Crippen molar-refractivity contribution in [2.45, 2.75) is 19.3 Å². The van der Waals surface area contributed by atoms with Crippen LogP contribution < -0.4 is 0 Å². The number of benzene rings is 1. The zero-order valence-corrected chi connectivity index (χ0v) is 15.6. The largest absolute Gasteiger partial charge is 0.282 e. The van der Waals surface area contributed by atoms with E-state index >= 15 is 0 Å². The quantitative estimate of drug-likeness (QED) is 0.498. The molecule has 0 fully saturated rings. The molecule has 0 amide bonds. The van der Waals surface area contributed by atoms with Crippen LogP contribution in [0.5, 0.6) is 0 Å². The maximum Gasteiger partial charge on any atom is 0.216 e. The van der Waals surface area contributed by atoms with Crippen LogP contribution in [0.2, 0.25) is 0 Å². The lowest BCUT2D eigenvalue weighted by Gasteiger charge is -1.99. The Labute approximate surface area is 157 Å². The van der Waals surface area contributed by atoms with Gasteiger partial charge in [0.25, 0.3) is 0 Å². The molecule has 0 aliphatic heterocycles. The summed E-state index contributed by atoms with van der Waals surface area (Å²) < 4.78 is 2.87. The van der Waals surface area contributed by atoms with Gasteiger partial charge in [-0.25, -0.2) is 5.10 Å². The zero-order valence-electron chi connectivity index (χ0n) is 13.2. The Balaban J connectivity index is 1.66.